The highest BCUT2D eigenvalue weighted by atomic mass is 35.5. The molecule has 1 fully saturated rings. The van der Waals surface area contributed by atoms with Crippen LogP contribution in [0.2, 0.25) is 0 Å². The summed E-state index contributed by atoms with van der Waals surface area (Å²) in [5, 5.41) is 6.13. The van der Waals surface area contributed by atoms with Gasteiger partial charge in [0.25, 0.3) is 5.56 Å². The van der Waals surface area contributed by atoms with Crippen LogP contribution < -0.4 is 21.9 Å². The van der Waals surface area contributed by atoms with Gasteiger partial charge in [0.15, 0.2) is 0 Å². The summed E-state index contributed by atoms with van der Waals surface area (Å²) >= 11 is 0. The van der Waals surface area contributed by atoms with Crippen LogP contribution in [0.3, 0.4) is 0 Å². The molecule has 8 heteroatoms. The fourth-order valence-corrected chi connectivity index (χ4v) is 2.99. The molecule has 0 atom stereocenters. The largest absolute Gasteiger partial charge is 0.352 e. The number of amides is 1. The summed E-state index contributed by atoms with van der Waals surface area (Å²) in [5.74, 6) is -0.302. The zero-order valence-electron chi connectivity index (χ0n) is 14.4. The van der Waals surface area contributed by atoms with Crippen LogP contribution in [0, 0.1) is 0 Å². The number of carbonyl (C=O) groups excluding carboxylic acids is 1. The van der Waals surface area contributed by atoms with Gasteiger partial charge in [-0.3, -0.25) is 18.7 Å². The molecule has 1 aromatic heterocycles. The molecule has 3 rings (SSSR count). The number of piperidine rings is 1. The Kier molecular flexibility index (Phi) is 7.17. The van der Waals surface area contributed by atoms with Crippen LogP contribution in [-0.2, 0) is 17.9 Å². The molecule has 1 amide bonds. The number of rotatable bonds is 5. The van der Waals surface area contributed by atoms with Crippen LogP contribution in [0.5, 0.6) is 0 Å². The summed E-state index contributed by atoms with van der Waals surface area (Å²) in [5.41, 5.74) is 0.0144. The van der Waals surface area contributed by atoms with Crippen molar-refractivity contribution in [3.8, 4) is 0 Å². The Morgan fingerprint density at radius 2 is 1.81 bits per heavy atom. The number of halogens is 1. The van der Waals surface area contributed by atoms with Crippen LogP contribution in [0.15, 0.2) is 52.2 Å². The van der Waals surface area contributed by atoms with Gasteiger partial charge in [-0.2, -0.15) is 0 Å². The van der Waals surface area contributed by atoms with Crippen LogP contribution in [0.4, 0.5) is 0 Å². The predicted molar refractivity (Wildman–Crippen MR) is 102 cm³/mol. The Morgan fingerprint density at radius 3 is 2.50 bits per heavy atom. The molecule has 0 spiro atoms. The van der Waals surface area contributed by atoms with Gasteiger partial charge in [0.05, 0.1) is 6.54 Å². The molecule has 2 aromatic rings. The van der Waals surface area contributed by atoms with Gasteiger partial charge in [-0.25, -0.2) is 4.79 Å². The van der Waals surface area contributed by atoms with E-state index in [1.807, 2.05) is 30.3 Å². The van der Waals surface area contributed by atoms with E-state index in [9.17, 15) is 14.4 Å². The normalized spacial score (nSPS) is 14.5. The summed E-state index contributed by atoms with van der Waals surface area (Å²) in [6, 6.07) is 10.9. The summed E-state index contributed by atoms with van der Waals surface area (Å²) in [6.45, 7) is 1.83. The SMILES string of the molecule is Cl.O=C(Cn1c(=O)ccn(Cc2ccccc2)c1=O)NC1CCNCC1. The molecule has 1 aliphatic rings. The first-order chi connectivity index (χ1) is 12.1. The van der Waals surface area contributed by atoms with Crippen molar-refractivity contribution < 1.29 is 4.79 Å². The average Bonchev–Trinajstić information content (AvgIpc) is 2.63. The summed E-state index contributed by atoms with van der Waals surface area (Å²) in [6.07, 6.45) is 3.18. The van der Waals surface area contributed by atoms with Gasteiger partial charge in [-0.1, -0.05) is 30.3 Å². The third-order valence-electron chi connectivity index (χ3n) is 4.34. The zero-order chi connectivity index (χ0) is 17.6. The van der Waals surface area contributed by atoms with Crippen molar-refractivity contribution >= 4 is 18.3 Å². The Labute approximate surface area is 157 Å². The van der Waals surface area contributed by atoms with Crippen molar-refractivity contribution in [2.24, 2.45) is 0 Å². The Bertz CT molecular complexity index is 842. The van der Waals surface area contributed by atoms with Crippen molar-refractivity contribution in [2.45, 2.75) is 32.0 Å². The van der Waals surface area contributed by atoms with Crippen molar-refractivity contribution in [1.29, 1.82) is 0 Å². The molecule has 0 unspecified atom stereocenters. The number of benzene rings is 1. The number of hydrogen-bond donors (Lipinski definition) is 2. The molecular formula is C18H23ClN4O3. The Morgan fingerprint density at radius 1 is 1.12 bits per heavy atom. The van der Waals surface area contributed by atoms with Gasteiger partial charge >= 0.3 is 5.69 Å². The molecule has 0 aliphatic carbocycles. The Balaban J connectivity index is 0.00000243. The van der Waals surface area contributed by atoms with Gasteiger partial charge in [-0.05, 0) is 31.5 Å². The molecule has 2 N–H and O–H groups in total. The molecule has 0 bridgehead atoms. The maximum atomic E-state index is 12.6. The van der Waals surface area contributed by atoms with E-state index < -0.39 is 11.2 Å². The number of hydrogen-bond acceptors (Lipinski definition) is 4. The van der Waals surface area contributed by atoms with Crippen molar-refractivity contribution in [1.82, 2.24) is 19.8 Å². The molecular weight excluding hydrogens is 356 g/mol. The van der Waals surface area contributed by atoms with Gasteiger partial charge in [-0.15, -0.1) is 12.4 Å². The minimum absolute atomic E-state index is 0. The van der Waals surface area contributed by atoms with Gasteiger partial charge in [0, 0.05) is 18.3 Å². The predicted octanol–water partition coefficient (Wildman–Crippen LogP) is 0.348. The topological polar surface area (TPSA) is 85.1 Å². The van der Waals surface area contributed by atoms with Gasteiger partial charge in [0.1, 0.15) is 6.54 Å². The minimum Gasteiger partial charge on any atom is -0.352 e. The lowest BCUT2D eigenvalue weighted by Gasteiger charge is -2.23. The second kappa shape index (κ2) is 9.35. The first kappa shape index (κ1) is 19.9. The van der Waals surface area contributed by atoms with Crippen LogP contribution in [0.1, 0.15) is 18.4 Å². The fraction of sp³-hybridized carbons (Fsp3) is 0.389. The Hall–Kier alpha value is -2.38. The molecule has 1 saturated heterocycles. The molecule has 0 saturated carbocycles. The van der Waals surface area contributed by atoms with Crippen LogP contribution >= 0.6 is 12.4 Å². The van der Waals surface area contributed by atoms with Crippen LogP contribution in [0.25, 0.3) is 0 Å². The van der Waals surface area contributed by atoms with Crippen molar-refractivity contribution in [2.75, 3.05) is 13.1 Å². The van der Waals surface area contributed by atoms with Crippen LogP contribution in [-0.4, -0.2) is 34.2 Å². The monoisotopic (exact) mass is 378 g/mol. The van der Waals surface area contributed by atoms with E-state index >= 15 is 0 Å². The van der Waals surface area contributed by atoms with Gasteiger partial charge < -0.3 is 10.6 Å². The van der Waals surface area contributed by atoms with E-state index in [0.717, 1.165) is 36.1 Å². The third kappa shape index (κ3) is 5.06. The van der Waals surface area contributed by atoms with E-state index in [1.54, 1.807) is 0 Å². The molecule has 1 aromatic carbocycles. The second-order valence-electron chi connectivity index (χ2n) is 6.23. The fourth-order valence-electron chi connectivity index (χ4n) is 2.99. The highest BCUT2D eigenvalue weighted by molar-refractivity contribution is 5.85. The molecule has 140 valence electrons. The van der Waals surface area contributed by atoms with Gasteiger partial charge in [0.2, 0.25) is 5.91 Å². The van der Waals surface area contributed by atoms with E-state index in [0.29, 0.717) is 6.54 Å². The first-order valence-electron chi connectivity index (χ1n) is 8.48. The molecule has 2 heterocycles. The van der Waals surface area contributed by atoms with E-state index in [1.165, 1.54) is 16.8 Å². The maximum absolute atomic E-state index is 12.6. The minimum atomic E-state index is -0.475. The standard InChI is InChI=1S/C18H22N4O3.ClH/c23-16(20-15-6-9-19-10-7-15)13-22-17(24)8-11-21(18(22)25)12-14-4-2-1-3-5-14;/h1-5,8,11,15,19H,6-7,9-10,12-13H2,(H,20,23);1H. The second-order valence-corrected chi connectivity index (χ2v) is 6.23. The summed E-state index contributed by atoms with van der Waals surface area (Å²) < 4.78 is 2.42. The lowest BCUT2D eigenvalue weighted by Crippen LogP contribution is -2.47. The van der Waals surface area contributed by atoms with E-state index in [4.69, 9.17) is 0 Å². The summed E-state index contributed by atoms with van der Waals surface area (Å²) in [7, 11) is 0. The number of nitrogens with one attached hydrogen (secondary N) is 2. The molecule has 0 radical (unpaired) electrons. The maximum Gasteiger partial charge on any atom is 0.331 e. The van der Waals surface area contributed by atoms with Crippen molar-refractivity contribution in [3.63, 3.8) is 0 Å². The van der Waals surface area contributed by atoms with E-state index in [2.05, 4.69) is 10.6 Å². The zero-order valence-corrected chi connectivity index (χ0v) is 15.2. The quantitative estimate of drug-likeness (QED) is 0.786. The lowest BCUT2D eigenvalue weighted by molar-refractivity contribution is -0.122. The lowest BCUT2D eigenvalue weighted by atomic mass is 10.1. The highest BCUT2D eigenvalue weighted by Crippen LogP contribution is 2.02. The molecule has 7 nitrogen and oxygen atoms in total. The summed E-state index contributed by atoms with van der Waals surface area (Å²) in [4.78, 5) is 36.8. The molecule has 1 aliphatic heterocycles. The number of nitrogens with zero attached hydrogens (tertiary/aromatic N) is 2. The number of carbonyl (C=O) groups is 1. The van der Waals surface area contributed by atoms with Crippen molar-refractivity contribution in [3.05, 3.63) is 69.0 Å². The number of aromatic nitrogens is 2. The average molecular weight is 379 g/mol. The smallest absolute Gasteiger partial charge is 0.331 e. The first-order valence-corrected chi connectivity index (χ1v) is 8.48. The van der Waals surface area contributed by atoms with E-state index in [-0.39, 0.29) is 30.9 Å². The highest BCUT2D eigenvalue weighted by Gasteiger charge is 2.17. The molecule has 26 heavy (non-hydrogen) atoms. The third-order valence-corrected chi connectivity index (χ3v) is 4.34.